The minimum atomic E-state index is -0.473. The van der Waals surface area contributed by atoms with E-state index >= 15 is 0 Å². The van der Waals surface area contributed by atoms with Crippen molar-refractivity contribution in [1.82, 2.24) is 15.5 Å². The van der Waals surface area contributed by atoms with Gasteiger partial charge in [0.05, 0.1) is 0 Å². The first-order valence-corrected chi connectivity index (χ1v) is 10.9. The number of carbonyl (C=O) groups is 3. The van der Waals surface area contributed by atoms with Gasteiger partial charge in [-0.25, -0.2) is 9.59 Å². The number of amides is 4. The van der Waals surface area contributed by atoms with Crippen LogP contribution in [0.1, 0.15) is 52.5 Å². The van der Waals surface area contributed by atoms with Crippen LogP contribution in [0.2, 0.25) is 0 Å². The van der Waals surface area contributed by atoms with Crippen LogP contribution in [0.3, 0.4) is 0 Å². The molecule has 1 aromatic carbocycles. The molecule has 0 radical (unpaired) electrons. The Morgan fingerprint density at radius 2 is 1.74 bits per heavy atom. The van der Waals surface area contributed by atoms with Gasteiger partial charge in [-0.05, 0) is 69.1 Å². The summed E-state index contributed by atoms with van der Waals surface area (Å²) in [6, 6.07) is 7.20. The highest BCUT2D eigenvalue weighted by Crippen LogP contribution is 2.59. The van der Waals surface area contributed by atoms with Crippen LogP contribution in [0.4, 0.5) is 15.3 Å². The van der Waals surface area contributed by atoms with Gasteiger partial charge in [0, 0.05) is 38.8 Å². The van der Waals surface area contributed by atoms with Crippen LogP contribution in [0, 0.1) is 11.3 Å². The Balaban J connectivity index is 1.34. The van der Waals surface area contributed by atoms with Gasteiger partial charge in [-0.2, -0.15) is 0 Å². The fourth-order valence-electron chi connectivity index (χ4n) is 4.16. The second kappa shape index (κ2) is 9.16. The number of urea groups is 1. The lowest BCUT2D eigenvalue weighted by Crippen LogP contribution is -2.43. The minimum absolute atomic E-state index is 0.112. The molecule has 0 aromatic heterocycles. The van der Waals surface area contributed by atoms with Gasteiger partial charge in [-0.1, -0.05) is 12.1 Å². The van der Waals surface area contributed by atoms with Crippen molar-refractivity contribution in [1.29, 1.82) is 0 Å². The van der Waals surface area contributed by atoms with Crippen LogP contribution in [0.5, 0.6) is 0 Å². The summed E-state index contributed by atoms with van der Waals surface area (Å²) in [6.07, 6.45) is 2.78. The molecular formula is C23H34N4O4. The Kier molecular flexibility index (Phi) is 6.77. The molecule has 8 nitrogen and oxygen atoms in total. The van der Waals surface area contributed by atoms with Crippen molar-refractivity contribution in [2.45, 2.75) is 59.1 Å². The van der Waals surface area contributed by atoms with E-state index in [1.807, 2.05) is 45.0 Å². The maximum absolute atomic E-state index is 12.2. The molecule has 4 amide bonds. The van der Waals surface area contributed by atoms with Gasteiger partial charge in [0.25, 0.3) is 0 Å². The summed E-state index contributed by atoms with van der Waals surface area (Å²) in [5.74, 6) is 0.356. The highest BCUT2D eigenvalue weighted by molar-refractivity contribution is 5.88. The van der Waals surface area contributed by atoms with Crippen LogP contribution >= 0.6 is 0 Å². The lowest BCUT2D eigenvalue weighted by molar-refractivity contribution is -0.114. The number of ether oxygens (including phenoxy) is 1. The van der Waals surface area contributed by atoms with Crippen LogP contribution in [-0.4, -0.2) is 48.2 Å². The molecule has 1 atom stereocenters. The zero-order valence-electron chi connectivity index (χ0n) is 18.9. The van der Waals surface area contributed by atoms with Crippen molar-refractivity contribution < 1.29 is 19.1 Å². The zero-order chi connectivity index (χ0) is 22.6. The molecule has 3 rings (SSSR count). The molecule has 0 bridgehead atoms. The Morgan fingerprint density at radius 1 is 1.10 bits per heavy atom. The molecule has 170 valence electrons. The summed E-state index contributed by atoms with van der Waals surface area (Å²) in [5, 5.41) is 8.56. The quantitative estimate of drug-likeness (QED) is 0.666. The second-order valence-corrected chi connectivity index (χ2v) is 9.67. The molecule has 8 heteroatoms. The number of nitrogens with zero attached hydrogens (tertiary/aromatic N) is 1. The fourth-order valence-corrected chi connectivity index (χ4v) is 4.16. The van der Waals surface area contributed by atoms with Crippen molar-refractivity contribution in [3.8, 4) is 0 Å². The molecule has 1 unspecified atom stereocenters. The highest BCUT2D eigenvalue weighted by Gasteiger charge is 2.55. The Labute approximate surface area is 184 Å². The number of benzene rings is 1. The van der Waals surface area contributed by atoms with Gasteiger partial charge in [-0.15, -0.1) is 0 Å². The number of piperidine rings is 1. The molecule has 1 saturated carbocycles. The van der Waals surface area contributed by atoms with Crippen LogP contribution in [0.25, 0.3) is 0 Å². The lowest BCUT2D eigenvalue weighted by atomic mass is 9.91. The minimum Gasteiger partial charge on any atom is -0.444 e. The number of hydrogen-bond acceptors (Lipinski definition) is 4. The molecule has 31 heavy (non-hydrogen) atoms. The number of nitrogens with one attached hydrogen (secondary N) is 3. The van der Waals surface area contributed by atoms with Crippen molar-refractivity contribution in [2.24, 2.45) is 11.3 Å². The Hall–Kier alpha value is -2.77. The van der Waals surface area contributed by atoms with E-state index in [4.69, 9.17) is 4.74 Å². The third kappa shape index (κ3) is 6.60. The normalized spacial score (nSPS) is 19.5. The van der Waals surface area contributed by atoms with Crippen molar-refractivity contribution in [3.63, 3.8) is 0 Å². The van der Waals surface area contributed by atoms with Crippen LogP contribution in [-0.2, 0) is 16.1 Å². The molecule has 3 N–H and O–H groups in total. The SMILES string of the molecule is CC(=O)Nc1ccc(CNC(=O)NCC2CC23CCN(C(=O)OC(C)(C)C)CC3)cc1. The van der Waals surface area contributed by atoms with Gasteiger partial charge in [0.2, 0.25) is 5.91 Å². The first kappa shape index (κ1) is 22.9. The topological polar surface area (TPSA) is 99.8 Å². The van der Waals surface area contributed by atoms with Gasteiger partial charge >= 0.3 is 12.1 Å². The van der Waals surface area contributed by atoms with E-state index in [9.17, 15) is 14.4 Å². The first-order valence-electron chi connectivity index (χ1n) is 10.9. The third-order valence-electron chi connectivity index (χ3n) is 6.01. The molecule has 1 spiro atoms. The predicted octanol–water partition coefficient (Wildman–Crippen LogP) is 3.48. The number of carbonyl (C=O) groups excluding carboxylic acids is 3. The smallest absolute Gasteiger partial charge is 0.410 e. The highest BCUT2D eigenvalue weighted by atomic mass is 16.6. The van der Waals surface area contributed by atoms with E-state index in [0.29, 0.717) is 32.1 Å². The monoisotopic (exact) mass is 430 g/mol. The van der Waals surface area contributed by atoms with E-state index in [1.165, 1.54) is 6.92 Å². The lowest BCUT2D eigenvalue weighted by Gasteiger charge is -2.34. The summed E-state index contributed by atoms with van der Waals surface area (Å²) in [5.41, 5.74) is 1.48. The second-order valence-electron chi connectivity index (χ2n) is 9.67. The van der Waals surface area contributed by atoms with Gasteiger partial charge in [0.1, 0.15) is 5.60 Å². The van der Waals surface area contributed by atoms with E-state index < -0.39 is 5.60 Å². The summed E-state index contributed by atoms with van der Waals surface area (Å²) < 4.78 is 5.46. The summed E-state index contributed by atoms with van der Waals surface area (Å²) in [4.78, 5) is 37.2. The summed E-state index contributed by atoms with van der Waals surface area (Å²) in [6.45, 7) is 9.61. The maximum atomic E-state index is 12.2. The number of hydrogen-bond donors (Lipinski definition) is 3. The maximum Gasteiger partial charge on any atom is 0.410 e. The summed E-state index contributed by atoms with van der Waals surface area (Å²) >= 11 is 0. The average Bonchev–Trinajstić information content (AvgIpc) is 3.36. The van der Waals surface area contributed by atoms with Crippen molar-refractivity contribution >= 4 is 23.7 Å². The fraction of sp³-hybridized carbons (Fsp3) is 0.609. The van der Waals surface area contributed by atoms with Gasteiger partial charge < -0.3 is 25.6 Å². The molecule has 1 saturated heterocycles. The Bertz CT molecular complexity index is 808. The number of rotatable bonds is 5. The standard InChI is InChI=1S/C23H34N4O4/c1-16(28)26-19-7-5-17(6-8-19)14-24-20(29)25-15-18-13-23(18)9-11-27(12-10-23)21(30)31-22(2,3)4/h5-8,18H,9-15H2,1-4H3,(H,26,28)(H2,24,25,29). The number of likely N-dealkylation sites (tertiary alicyclic amines) is 1. The molecule has 2 aliphatic rings. The van der Waals surface area contributed by atoms with E-state index in [-0.39, 0.29) is 23.4 Å². The molecule has 1 heterocycles. The molecule has 1 aromatic rings. The molecule has 1 aliphatic heterocycles. The van der Waals surface area contributed by atoms with Gasteiger partial charge in [-0.3, -0.25) is 4.79 Å². The average molecular weight is 431 g/mol. The molecule has 2 fully saturated rings. The van der Waals surface area contributed by atoms with E-state index in [1.54, 1.807) is 4.90 Å². The Morgan fingerprint density at radius 3 is 2.32 bits per heavy atom. The van der Waals surface area contributed by atoms with Crippen LogP contribution < -0.4 is 16.0 Å². The van der Waals surface area contributed by atoms with E-state index in [2.05, 4.69) is 16.0 Å². The zero-order valence-corrected chi connectivity index (χ0v) is 18.9. The van der Waals surface area contributed by atoms with Gasteiger partial charge in [0.15, 0.2) is 0 Å². The largest absolute Gasteiger partial charge is 0.444 e. The van der Waals surface area contributed by atoms with Crippen LogP contribution in [0.15, 0.2) is 24.3 Å². The number of anilines is 1. The van der Waals surface area contributed by atoms with E-state index in [0.717, 1.165) is 30.5 Å². The van der Waals surface area contributed by atoms with Crippen molar-refractivity contribution in [3.05, 3.63) is 29.8 Å². The predicted molar refractivity (Wildman–Crippen MR) is 119 cm³/mol. The molecular weight excluding hydrogens is 396 g/mol. The first-order chi connectivity index (χ1) is 14.6. The van der Waals surface area contributed by atoms with Crippen molar-refractivity contribution in [2.75, 3.05) is 25.0 Å². The third-order valence-corrected chi connectivity index (χ3v) is 6.01. The molecule has 1 aliphatic carbocycles. The summed E-state index contributed by atoms with van der Waals surface area (Å²) in [7, 11) is 0.